The van der Waals surface area contributed by atoms with Crippen LogP contribution in [0.5, 0.6) is 0 Å². The van der Waals surface area contributed by atoms with Gasteiger partial charge in [0.2, 0.25) is 5.91 Å². The molecule has 3 rings (SSSR count). The normalized spacial score (nSPS) is 14.0. The molecule has 1 aliphatic carbocycles. The summed E-state index contributed by atoms with van der Waals surface area (Å²) in [6.07, 6.45) is 3.05. The molecule has 1 aromatic carbocycles. The SMILES string of the molecule is CC(C)(C)NC(=O)c1cc(NC(=O)C2Cc3ccccc3C2)ccn1. The molecule has 0 radical (unpaired) electrons. The minimum absolute atomic E-state index is 0.0235. The summed E-state index contributed by atoms with van der Waals surface area (Å²) in [6, 6.07) is 11.5. The summed E-state index contributed by atoms with van der Waals surface area (Å²) < 4.78 is 0. The fourth-order valence-corrected chi connectivity index (χ4v) is 3.03. The smallest absolute Gasteiger partial charge is 0.270 e. The van der Waals surface area contributed by atoms with E-state index in [2.05, 4.69) is 27.8 Å². The van der Waals surface area contributed by atoms with Crippen molar-refractivity contribution in [3.05, 3.63) is 59.4 Å². The lowest BCUT2D eigenvalue weighted by molar-refractivity contribution is -0.119. The molecule has 2 aromatic rings. The Morgan fingerprint density at radius 2 is 1.72 bits per heavy atom. The van der Waals surface area contributed by atoms with Crippen molar-refractivity contribution in [2.24, 2.45) is 5.92 Å². The molecule has 0 saturated heterocycles. The van der Waals surface area contributed by atoms with Gasteiger partial charge in [-0.3, -0.25) is 14.6 Å². The third kappa shape index (κ3) is 4.24. The van der Waals surface area contributed by atoms with E-state index in [-0.39, 0.29) is 23.3 Å². The molecular formula is C20H23N3O2. The van der Waals surface area contributed by atoms with Crippen LogP contribution in [0.2, 0.25) is 0 Å². The zero-order valence-corrected chi connectivity index (χ0v) is 14.8. The molecule has 0 atom stereocenters. The van der Waals surface area contributed by atoms with E-state index in [0.29, 0.717) is 11.4 Å². The standard InChI is InChI=1S/C20H23N3O2/c1-20(2,3)23-19(25)17-12-16(8-9-21-17)22-18(24)15-10-13-6-4-5-7-14(13)11-15/h4-9,12,15H,10-11H2,1-3H3,(H,23,25)(H,21,22,24). The van der Waals surface area contributed by atoms with Gasteiger partial charge in [-0.25, -0.2) is 0 Å². The van der Waals surface area contributed by atoms with E-state index in [0.717, 1.165) is 12.8 Å². The Morgan fingerprint density at radius 3 is 2.32 bits per heavy atom. The van der Waals surface area contributed by atoms with E-state index < -0.39 is 0 Å². The van der Waals surface area contributed by atoms with Crippen LogP contribution in [0, 0.1) is 5.92 Å². The maximum absolute atomic E-state index is 12.6. The quantitative estimate of drug-likeness (QED) is 0.904. The number of pyridine rings is 1. The van der Waals surface area contributed by atoms with Crippen molar-refractivity contribution >= 4 is 17.5 Å². The highest BCUT2D eigenvalue weighted by Crippen LogP contribution is 2.27. The van der Waals surface area contributed by atoms with E-state index in [9.17, 15) is 9.59 Å². The van der Waals surface area contributed by atoms with Crippen molar-refractivity contribution in [2.45, 2.75) is 39.2 Å². The first kappa shape index (κ1) is 17.1. The summed E-state index contributed by atoms with van der Waals surface area (Å²) in [5.41, 5.74) is 3.02. The van der Waals surface area contributed by atoms with Gasteiger partial charge in [0, 0.05) is 23.3 Å². The Balaban J connectivity index is 1.67. The van der Waals surface area contributed by atoms with Gasteiger partial charge in [-0.05, 0) is 56.9 Å². The number of carbonyl (C=O) groups excluding carboxylic acids is 2. The highest BCUT2D eigenvalue weighted by molar-refractivity contribution is 5.97. The van der Waals surface area contributed by atoms with E-state index >= 15 is 0 Å². The van der Waals surface area contributed by atoms with E-state index in [1.165, 1.54) is 17.3 Å². The van der Waals surface area contributed by atoms with E-state index in [1.54, 1.807) is 12.1 Å². The molecule has 0 bridgehead atoms. The van der Waals surface area contributed by atoms with Gasteiger partial charge in [0.05, 0.1) is 0 Å². The Labute approximate surface area is 147 Å². The van der Waals surface area contributed by atoms with Crippen molar-refractivity contribution in [3.63, 3.8) is 0 Å². The molecule has 1 heterocycles. The number of anilines is 1. The van der Waals surface area contributed by atoms with Crippen LogP contribution in [0.15, 0.2) is 42.6 Å². The van der Waals surface area contributed by atoms with Gasteiger partial charge < -0.3 is 10.6 Å². The second kappa shape index (κ2) is 6.67. The van der Waals surface area contributed by atoms with E-state index in [1.807, 2.05) is 32.9 Å². The largest absolute Gasteiger partial charge is 0.346 e. The predicted molar refractivity (Wildman–Crippen MR) is 97.4 cm³/mol. The van der Waals surface area contributed by atoms with Crippen molar-refractivity contribution in [3.8, 4) is 0 Å². The number of hydrogen-bond donors (Lipinski definition) is 2. The maximum Gasteiger partial charge on any atom is 0.270 e. The number of rotatable bonds is 3. The Hall–Kier alpha value is -2.69. The molecule has 0 saturated carbocycles. The predicted octanol–water partition coefficient (Wildman–Crippen LogP) is 2.96. The Bertz CT molecular complexity index is 784. The van der Waals surface area contributed by atoms with Crippen LogP contribution in [0.4, 0.5) is 5.69 Å². The number of hydrogen-bond acceptors (Lipinski definition) is 3. The number of fused-ring (bicyclic) bond motifs is 1. The van der Waals surface area contributed by atoms with Crippen LogP contribution in [0.1, 0.15) is 42.4 Å². The Morgan fingerprint density at radius 1 is 1.08 bits per heavy atom. The third-order valence-corrected chi connectivity index (χ3v) is 4.17. The molecule has 0 spiro atoms. The second-order valence-corrected chi connectivity index (χ2v) is 7.50. The number of benzene rings is 1. The molecule has 0 fully saturated rings. The molecular weight excluding hydrogens is 314 g/mol. The minimum Gasteiger partial charge on any atom is -0.346 e. The number of nitrogens with zero attached hydrogens (tertiary/aromatic N) is 1. The summed E-state index contributed by atoms with van der Waals surface area (Å²) >= 11 is 0. The first-order valence-electron chi connectivity index (χ1n) is 8.48. The topological polar surface area (TPSA) is 71.1 Å². The molecule has 2 N–H and O–H groups in total. The summed E-state index contributed by atoms with van der Waals surface area (Å²) in [4.78, 5) is 28.9. The molecule has 5 heteroatoms. The maximum atomic E-state index is 12.6. The average Bonchev–Trinajstić information content (AvgIpc) is 2.98. The molecule has 25 heavy (non-hydrogen) atoms. The summed E-state index contributed by atoms with van der Waals surface area (Å²) in [6.45, 7) is 5.73. The van der Waals surface area contributed by atoms with Gasteiger partial charge in [0.25, 0.3) is 5.91 Å². The lowest BCUT2D eigenvalue weighted by Crippen LogP contribution is -2.40. The van der Waals surface area contributed by atoms with Crippen LogP contribution in [0.25, 0.3) is 0 Å². The fourth-order valence-electron chi connectivity index (χ4n) is 3.03. The van der Waals surface area contributed by atoms with Gasteiger partial charge in [-0.2, -0.15) is 0 Å². The fraction of sp³-hybridized carbons (Fsp3) is 0.350. The van der Waals surface area contributed by atoms with Crippen molar-refractivity contribution in [1.82, 2.24) is 10.3 Å². The highest BCUT2D eigenvalue weighted by Gasteiger charge is 2.27. The highest BCUT2D eigenvalue weighted by atomic mass is 16.2. The molecule has 1 aliphatic rings. The van der Waals surface area contributed by atoms with Gasteiger partial charge in [-0.1, -0.05) is 24.3 Å². The lowest BCUT2D eigenvalue weighted by atomic mass is 10.1. The first-order chi connectivity index (χ1) is 11.8. The summed E-state index contributed by atoms with van der Waals surface area (Å²) in [7, 11) is 0. The second-order valence-electron chi connectivity index (χ2n) is 7.50. The van der Waals surface area contributed by atoms with Crippen LogP contribution in [0.3, 0.4) is 0 Å². The third-order valence-electron chi connectivity index (χ3n) is 4.17. The van der Waals surface area contributed by atoms with Gasteiger partial charge in [0.15, 0.2) is 0 Å². The molecule has 0 aliphatic heterocycles. The molecule has 130 valence electrons. The van der Waals surface area contributed by atoms with E-state index in [4.69, 9.17) is 0 Å². The average molecular weight is 337 g/mol. The number of amides is 2. The van der Waals surface area contributed by atoms with Crippen molar-refractivity contribution in [1.29, 1.82) is 0 Å². The zero-order valence-electron chi connectivity index (χ0n) is 14.8. The van der Waals surface area contributed by atoms with Gasteiger partial charge >= 0.3 is 0 Å². The van der Waals surface area contributed by atoms with Crippen LogP contribution in [-0.4, -0.2) is 22.3 Å². The van der Waals surface area contributed by atoms with Crippen molar-refractivity contribution in [2.75, 3.05) is 5.32 Å². The Kier molecular flexibility index (Phi) is 4.57. The number of carbonyl (C=O) groups is 2. The summed E-state index contributed by atoms with van der Waals surface area (Å²) in [5.74, 6) is -0.348. The minimum atomic E-state index is -0.340. The number of aromatic nitrogens is 1. The first-order valence-corrected chi connectivity index (χ1v) is 8.48. The molecule has 2 amide bonds. The zero-order chi connectivity index (χ0) is 18.0. The van der Waals surface area contributed by atoms with Crippen LogP contribution in [-0.2, 0) is 17.6 Å². The van der Waals surface area contributed by atoms with Gasteiger partial charge in [-0.15, -0.1) is 0 Å². The molecule has 1 aromatic heterocycles. The molecule has 0 unspecified atom stereocenters. The van der Waals surface area contributed by atoms with Crippen molar-refractivity contribution < 1.29 is 9.59 Å². The number of nitrogens with one attached hydrogen (secondary N) is 2. The molecule has 5 nitrogen and oxygen atoms in total. The summed E-state index contributed by atoms with van der Waals surface area (Å²) in [5, 5.41) is 5.79. The monoisotopic (exact) mass is 337 g/mol. The van der Waals surface area contributed by atoms with Crippen LogP contribution < -0.4 is 10.6 Å². The lowest BCUT2D eigenvalue weighted by Gasteiger charge is -2.20. The van der Waals surface area contributed by atoms with Gasteiger partial charge in [0.1, 0.15) is 5.69 Å². The van der Waals surface area contributed by atoms with Crippen LogP contribution >= 0.6 is 0 Å².